The van der Waals surface area contributed by atoms with Crippen molar-refractivity contribution in [3.63, 3.8) is 0 Å². The molecule has 0 amide bonds. The highest BCUT2D eigenvalue weighted by molar-refractivity contribution is 9.10. The van der Waals surface area contributed by atoms with Gasteiger partial charge in [0.1, 0.15) is 5.82 Å². The van der Waals surface area contributed by atoms with Crippen molar-refractivity contribution in [2.24, 2.45) is 0 Å². The van der Waals surface area contributed by atoms with Gasteiger partial charge in [-0.2, -0.15) is 0 Å². The summed E-state index contributed by atoms with van der Waals surface area (Å²) in [5, 5.41) is 11.2. The van der Waals surface area contributed by atoms with Gasteiger partial charge in [0.15, 0.2) is 0 Å². The van der Waals surface area contributed by atoms with E-state index >= 15 is 0 Å². The van der Waals surface area contributed by atoms with Crippen LogP contribution in [0, 0.1) is 5.82 Å². The normalized spacial score (nSPS) is 12.5. The molecule has 2 N–H and O–H groups in total. The van der Waals surface area contributed by atoms with Crippen molar-refractivity contribution in [2.45, 2.75) is 13.0 Å². The van der Waals surface area contributed by atoms with Crippen LogP contribution in [0.15, 0.2) is 22.7 Å². The zero-order valence-electron chi connectivity index (χ0n) is 8.13. The summed E-state index contributed by atoms with van der Waals surface area (Å²) < 4.78 is 14.1. The SMILES string of the molecule is CC(NCC(=O)O)c1ccc(Br)cc1F. The highest BCUT2D eigenvalue weighted by atomic mass is 79.9. The van der Waals surface area contributed by atoms with E-state index in [2.05, 4.69) is 21.2 Å². The number of rotatable bonds is 4. The van der Waals surface area contributed by atoms with Gasteiger partial charge in [0.2, 0.25) is 0 Å². The van der Waals surface area contributed by atoms with Gasteiger partial charge in [-0.25, -0.2) is 4.39 Å². The molecule has 82 valence electrons. The van der Waals surface area contributed by atoms with Crippen molar-refractivity contribution < 1.29 is 14.3 Å². The Hall–Kier alpha value is -0.940. The Morgan fingerprint density at radius 3 is 2.87 bits per heavy atom. The van der Waals surface area contributed by atoms with Crippen LogP contribution in [0.3, 0.4) is 0 Å². The lowest BCUT2D eigenvalue weighted by molar-refractivity contribution is -0.136. The first-order valence-corrected chi connectivity index (χ1v) is 5.20. The maximum Gasteiger partial charge on any atom is 0.317 e. The molecule has 1 unspecified atom stereocenters. The molecule has 0 heterocycles. The molecule has 1 aromatic carbocycles. The maximum absolute atomic E-state index is 13.4. The van der Waals surface area contributed by atoms with E-state index in [0.717, 1.165) is 0 Å². The second kappa shape index (κ2) is 5.23. The van der Waals surface area contributed by atoms with E-state index in [1.54, 1.807) is 19.1 Å². The third-order valence-electron chi connectivity index (χ3n) is 1.99. The molecule has 0 spiro atoms. The maximum atomic E-state index is 13.4. The number of halogens is 2. The molecule has 0 aliphatic rings. The van der Waals surface area contributed by atoms with Crippen molar-refractivity contribution in [3.8, 4) is 0 Å². The summed E-state index contributed by atoms with van der Waals surface area (Å²) in [5.74, 6) is -1.31. The van der Waals surface area contributed by atoms with Crippen molar-refractivity contribution in [2.75, 3.05) is 6.54 Å². The molecule has 0 aliphatic heterocycles. The van der Waals surface area contributed by atoms with E-state index < -0.39 is 5.97 Å². The molecule has 15 heavy (non-hydrogen) atoms. The number of hydrogen-bond acceptors (Lipinski definition) is 2. The Labute approximate surface area is 95.4 Å². The summed E-state index contributed by atoms with van der Waals surface area (Å²) in [7, 11) is 0. The van der Waals surface area contributed by atoms with Crippen LogP contribution in [0.1, 0.15) is 18.5 Å². The molecule has 1 rings (SSSR count). The molecular formula is C10H11BrFNO2. The van der Waals surface area contributed by atoms with Gasteiger partial charge >= 0.3 is 5.97 Å². The zero-order valence-corrected chi connectivity index (χ0v) is 9.71. The lowest BCUT2D eigenvalue weighted by Crippen LogP contribution is -2.26. The monoisotopic (exact) mass is 275 g/mol. The number of carboxylic acid groups (broad SMARTS) is 1. The van der Waals surface area contributed by atoms with Crippen LogP contribution < -0.4 is 5.32 Å². The van der Waals surface area contributed by atoms with Crippen LogP contribution in [0.2, 0.25) is 0 Å². The molecule has 1 atom stereocenters. The Bertz CT molecular complexity index is 370. The van der Waals surface area contributed by atoms with Gasteiger partial charge in [0.25, 0.3) is 0 Å². The van der Waals surface area contributed by atoms with Crippen LogP contribution in [0.5, 0.6) is 0 Å². The lowest BCUT2D eigenvalue weighted by atomic mass is 10.1. The van der Waals surface area contributed by atoms with Gasteiger partial charge in [-0.1, -0.05) is 22.0 Å². The van der Waals surface area contributed by atoms with Crippen molar-refractivity contribution in [1.29, 1.82) is 0 Å². The summed E-state index contributed by atoms with van der Waals surface area (Å²) in [6, 6.07) is 4.37. The van der Waals surface area contributed by atoms with E-state index in [1.165, 1.54) is 6.07 Å². The molecule has 0 aliphatic carbocycles. The number of aliphatic carboxylic acids is 1. The van der Waals surface area contributed by atoms with Crippen LogP contribution in [0.4, 0.5) is 4.39 Å². The van der Waals surface area contributed by atoms with E-state index in [1.807, 2.05) is 0 Å². The second-order valence-electron chi connectivity index (χ2n) is 3.16. The van der Waals surface area contributed by atoms with Crippen molar-refractivity contribution >= 4 is 21.9 Å². The molecule has 1 aromatic rings. The number of nitrogens with one attached hydrogen (secondary N) is 1. The Morgan fingerprint density at radius 2 is 2.33 bits per heavy atom. The van der Waals surface area contributed by atoms with E-state index in [4.69, 9.17) is 5.11 Å². The fourth-order valence-corrected chi connectivity index (χ4v) is 1.54. The summed E-state index contributed by atoms with van der Waals surface area (Å²) in [6.45, 7) is 1.53. The summed E-state index contributed by atoms with van der Waals surface area (Å²) in [6.07, 6.45) is 0. The van der Waals surface area contributed by atoms with Gasteiger partial charge in [-0.05, 0) is 19.1 Å². The largest absolute Gasteiger partial charge is 0.480 e. The van der Waals surface area contributed by atoms with Gasteiger partial charge in [-0.3, -0.25) is 4.79 Å². The van der Waals surface area contributed by atoms with Crippen molar-refractivity contribution in [1.82, 2.24) is 5.32 Å². The third kappa shape index (κ3) is 3.60. The lowest BCUT2D eigenvalue weighted by Gasteiger charge is -2.13. The minimum atomic E-state index is -0.959. The molecule has 0 saturated carbocycles. The Balaban J connectivity index is 2.73. The van der Waals surface area contributed by atoms with Crippen LogP contribution in [-0.4, -0.2) is 17.6 Å². The molecule has 0 bridgehead atoms. The van der Waals surface area contributed by atoms with Gasteiger partial charge in [0, 0.05) is 16.1 Å². The second-order valence-corrected chi connectivity index (χ2v) is 4.08. The molecule has 5 heteroatoms. The zero-order chi connectivity index (χ0) is 11.4. The minimum Gasteiger partial charge on any atom is -0.480 e. The summed E-state index contributed by atoms with van der Waals surface area (Å²) >= 11 is 3.15. The molecule has 0 fully saturated rings. The quantitative estimate of drug-likeness (QED) is 0.887. The summed E-state index contributed by atoms with van der Waals surface area (Å²) in [4.78, 5) is 10.3. The molecular weight excluding hydrogens is 265 g/mol. The number of benzene rings is 1. The first-order chi connectivity index (χ1) is 7.00. The van der Waals surface area contributed by atoms with Gasteiger partial charge < -0.3 is 10.4 Å². The topological polar surface area (TPSA) is 49.3 Å². The number of hydrogen-bond donors (Lipinski definition) is 2. The Kier molecular flexibility index (Phi) is 4.23. The fraction of sp³-hybridized carbons (Fsp3) is 0.300. The Morgan fingerprint density at radius 1 is 1.67 bits per heavy atom. The predicted octanol–water partition coefficient (Wildman–Crippen LogP) is 2.32. The molecule has 0 saturated heterocycles. The van der Waals surface area contributed by atoms with Crippen LogP contribution in [-0.2, 0) is 4.79 Å². The average Bonchev–Trinajstić information content (AvgIpc) is 2.14. The first-order valence-electron chi connectivity index (χ1n) is 4.41. The molecule has 0 radical (unpaired) electrons. The third-order valence-corrected chi connectivity index (χ3v) is 2.48. The van der Waals surface area contributed by atoms with Gasteiger partial charge in [-0.15, -0.1) is 0 Å². The predicted molar refractivity (Wildman–Crippen MR) is 58.2 cm³/mol. The van der Waals surface area contributed by atoms with E-state index in [9.17, 15) is 9.18 Å². The average molecular weight is 276 g/mol. The van der Waals surface area contributed by atoms with Gasteiger partial charge in [0.05, 0.1) is 6.54 Å². The van der Waals surface area contributed by atoms with Crippen molar-refractivity contribution in [3.05, 3.63) is 34.1 Å². The standard InChI is InChI=1S/C10H11BrFNO2/c1-6(13-5-10(14)15)8-3-2-7(11)4-9(8)12/h2-4,6,13H,5H2,1H3,(H,14,15). The van der Waals surface area contributed by atoms with E-state index in [-0.39, 0.29) is 18.4 Å². The highest BCUT2D eigenvalue weighted by Gasteiger charge is 2.11. The first kappa shape index (κ1) is 12.1. The van der Waals surface area contributed by atoms with Crippen LogP contribution >= 0.6 is 15.9 Å². The minimum absolute atomic E-state index is 0.184. The smallest absolute Gasteiger partial charge is 0.317 e. The highest BCUT2D eigenvalue weighted by Crippen LogP contribution is 2.20. The van der Waals surface area contributed by atoms with Crippen LogP contribution in [0.25, 0.3) is 0 Å². The summed E-state index contributed by atoms with van der Waals surface area (Å²) in [5.41, 5.74) is 0.458. The molecule has 3 nitrogen and oxygen atoms in total. The van der Waals surface area contributed by atoms with E-state index in [0.29, 0.717) is 10.0 Å². The number of carbonyl (C=O) groups is 1. The molecule has 0 aromatic heterocycles. The number of carboxylic acids is 1. The fourth-order valence-electron chi connectivity index (χ4n) is 1.20.